The third-order valence-electron chi connectivity index (χ3n) is 1.69. The Morgan fingerprint density at radius 1 is 1.54 bits per heavy atom. The fourth-order valence-electron chi connectivity index (χ4n) is 0.684. The van der Waals surface area contributed by atoms with Crippen molar-refractivity contribution in [2.24, 2.45) is 5.92 Å². The molecule has 0 saturated carbocycles. The van der Waals surface area contributed by atoms with Crippen molar-refractivity contribution in [2.75, 3.05) is 7.11 Å². The smallest absolute Gasteiger partial charge is 0.274 e. The van der Waals surface area contributed by atoms with Crippen LogP contribution in [0.15, 0.2) is 0 Å². The molecule has 0 aromatic rings. The first kappa shape index (κ1) is 12.4. The number of rotatable bonds is 5. The maximum Gasteiger partial charge on any atom is 0.361 e. The summed E-state index contributed by atoms with van der Waals surface area (Å²) < 4.78 is 27.3. The normalized spacial score (nSPS) is 13.8. The lowest BCUT2D eigenvalue weighted by Crippen LogP contribution is -2.32. The summed E-state index contributed by atoms with van der Waals surface area (Å²) in [4.78, 5) is 11.0. The molecule has 6 heteroatoms. The molecule has 0 aliphatic carbocycles. The van der Waals surface area contributed by atoms with E-state index >= 15 is 0 Å². The first-order valence-electron chi connectivity index (χ1n) is 4.02. The molecule has 0 radical (unpaired) electrons. The van der Waals surface area contributed by atoms with Gasteiger partial charge in [0.1, 0.15) is 0 Å². The molecule has 0 spiro atoms. The molecule has 1 atom stereocenters. The van der Waals surface area contributed by atoms with Crippen LogP contribution in [-0.4, -0.2) is 21.4 Å². The summed E-state index contributed by atoms with van der Waals surface area (Å²) in [6.07, 6.45) is 1.03. The zero-order valence-corrected chi connectivity index (χ0v) is 8.85. The number of amides is 1. The van der Waals surface area contributed by atoms with Crippen LogP contribution in [0, 0.1) is 5.92 Å². The van der Waals surface area contributed by atoms with Gasteiger partial charge in [-0.05, 0) is 5.92 Å². The van der Waals surface area contributed by atoms with Gasteiger partial charge < -0.3 is 0 Å². The molecule has 1 amide bonds. The predicted molar refractivity (Wildman–Crippen MR) is 48.1 cm³/mol. The van der Waals surface area contributed by atoms with Crippen LogP contribution in [0.2, 0.25) is 0 Å². The summed E-state index contributed by atoms with van der Waals surface area (Å²) >= 11 is 0. The minimum absolute atomic E-state index is 0.173. The highest BCUT2D eigenvalue weighted by Crippen LogP contribution is 2.05. The van der Waals surface area contributed by atoms with E-state index in [0.717, 1.165) is 13.5 Å². The van der Waals surface area contributed by atoms with Gasteiger partial charge in [-0.15, -0.1) is 0 Å². The third-order valence-corrected chi connectivity index (χ3v) is 2.61. The van der Waals surface area contributed by atoms with Crippen LogP contribution in [0.4, 0.5) is 0 Å². The van der Waals surface area contributed by atoms with Crippen LogP contribution < -0.4 is 4.72 Å². The van der Waals surface area contributed by atoms with Crippen LogP contribution in [0.25, 0.3) is 0 Å². The molecule has 1 N–H and O–H groups in total. The van der Waals surface area contributed by atoms with Gasteiger partial charge in [0.05, 0.1) is 7.11 Å². The fourth-order valence-corrected chi connectivity index (χ4v) is 1.13. The first-order valence-corrected chi connectivity index (χ1v) is 5.43. The van der Waals surface area contributed by atoms with Crippen molar-refractivity contribution >= 4 is 16.2 Å². The van der Waals surface area contributed by atoms with E-state index in [1.165, 1.54) is 0 Å². The van der Waals surface area contributed by atoms with Crippen molar-refractivity contribution in [3.8, 4) is 0 Å². The molecule has 0 heterocycles. The summed E-state index contributed by atoms with van der Waals surface area (Å²) in [6, 6.07) is 0. The van der Waals surface area contributed by atoms with Crippen molar-refractivity contribution in [3.05, 3.63) is 0 Å². The largest absolute Gasteiger partial charge is 0.361 e. The number of nitrogens with one attached hydrogen (secondary N) is 1. The molecule has 0 aromatic carbocycles. The second kappa shape index (κ2) is 5.18. The summed E-state index contributed by atoms with van der Waals surface area (Å²) in [5.41, 5.74) is 0. The van der Waals surface area contributed by atoms with Gasteiger partial charge >= 0.3 is 10.3 Å². The Kier molecular flexibility index (Phi) is 4.94. The molecule has 13 heavy (non-hydrogen) atoms. The molecule has 0 aliphatic rings. The number of carbonyl (C=O) groups excluding carboxylic acids is 1. The SMILES string of the molecule is CCC(C)CC(=O)NS(=O)(=O)OC. The molecule has 0 rings (SSSR count). The van der Waals surface area contributed by atoms with Crippen molar-refractivity contribution in [2.45, 2.75) is 26.7 Å². The Morgan fingerprint density at radius 3 is 2.46 bits per heavy atom. The Bertz CT molecular complexity index is 260. The van der Waals surface area contributed by atoms with Gasteiger partial charge in [0, 0.05) is 6.42 Å². The third kappa shape index (κ3) is 5.59. The molecule has 0 aromatic heterocycles. The van der Waals surface area contributed by atoms with Crippen LogP contribution in [0.5, 0.6) is 0 Å². The second-order valence-electron chi connectivity index (χ2n) is 2.86. The highest BCUT2D eigenvalue weighted by atomic mass is 32.2. The highest BCUT2D eigenvalue weighted by molar-refractivity contribution is 7.85. The quantitative estimate of drug-likeness (QED) is 0.712. The van der Waals surface area contributed by atoms with Crippen LogP contribution in [0.1, 0.15) is 26.7 Å². The maximum absolute atomic E-state index is 11.0. The van der Waals surface area contributed by atoms with E-state index in [-0.39, 0.29) is 12.3 Å². The van der Waals surface area contributed by atoms with E-state index in [9.17, 15) is 13.2 Å². The zero-order chi connectivity index (χ0) is 10.5. The lowest BCUT2D eigenvalue weighted by molar-refractivity contribution is -0.120. The Hall–Kier alpha value is -0.620. The minimum atomic E-state index is -3.87. The van der Waals surface area contributed by atoms with Gasteiger partial charge in [0.25, 0.3) is 0 Å². The second-order valence-corrected chi connectivity index (χ2v) is 4.31. The van der Waals surface area contributed by atoms with Crippen molar-refractivity contribution in [3.63, 3.8) is 0 Å². The van der Waals surface area contributed by atoms with Crippen LogP contribution in [-0.2, 0) is 19.3 Å². The fraction of sp³-hybridized carbons (Fsp3) is 0.857. The number of hydrogen-bond acceptors (Lipinski definition) is 4. The van der Waals surface area contributed by atoms with Crippen molar-refractivity contribution < 1.29 is 17.4 Å². The Balaban J connectivity index is 4.03. The molecule has 0 fully saturated rings. The lowest BCUT2D eigenvalue weighted by atomic mass is 10.1. The first-order chi connectivity index (χ1) is 5.91. The van der Waals surface area contributed by atoms with E-state index in [1.807, 2.05) is 13.8 Å². The summed E-state index contributed by atoms with van der Waals surface area (Å²) in [7, 11) is -2.87. The monoisotopic (exact) mass is 209 g/mol. The molecule has 78 valence electrons. The highest BCUT2D eigenvalue weighted by Gasteiger charge is 2.14. The Morgan fingerprint density at radius 2 is 2.08 bits per heavy atom. The summed E-state index contributed by atoms with van der Waals surface area (Å²) in [5.74, 6) is -0.358. The van der Waals surface area contributed by atoms with Gasteiger partial charge in [-0.1, -0.05) is 20.3 Å². The number of hydrogen-bond donors (Lipinski definition) is 1. The van der Waals surface area contributed by atoms with Crippen molar-refractivity contribution in [1.29, 1.82) is 0 Å². The van der Waals surface area contributed by atoms with E-state index in [4.69, 9.17) is 0 Å². The molecular weight excluding hydrogens is 194 g/mol. The van der Waals surface area contributed by atoms with Gasteiger partial charge in [-0.25, -0.2) is 4.72 Å². The zero-order valence-electron chi connectivity index (χ0n) is 8.03. The average Bonchev–Trinajstić information content (AvgIpc) is 2.03. The predicted octanol–water partition coefficient (Wildman–Crippen LogP) is 0.430. The van der Waals surface area contributed by atoms with Crippen molar-refractivity contribution in [1.82, 2.24) is 4.72 Å². The molecular formula is C7H15NO4S. The number of carbonyl (C=O) groups is 1. The standard InChI is InChI=1S/C7H15NO4S/c1-4-6(2)5-7(9)8-13(10,11)12-3/h6H,4-5H2,1-3H3,(H,8,9). The van der Waals surface area contributed by atoms with Gasteiger partial charge in [-0.3, -0.25) is 8.98 Å². The van der Waals surface area contributed by atoms with Crippen LogP contribution >= 0.6 is 0 Å². The van der Waals surface area contributed by atoms with Gasteiger partial charge in [0.2, 0.25) is 5.91 Å². The molecule has 1 unspecified atom stereocenters. The summed E-state index contributed by atoms with van der Waals surface area (Å²) in [6.45, 7) is 3.81. The molecule has 0 aliphatic heterocycles. The maximum atomic E-state index is 11.0. The van der Waals surface area contributed by atoms with Gasteiger partial charge in [-0.2, -0.15) is 8.42 Å². The summed E-state index contributed by atoms with van der Waals surface area (Å²) in [5, 5.41) is 0. The van der Waals surface area contributed by atoms with E-state index < -0.39 is 16.2 Å². The Labute approximate surface area is 78.7 Å². The average molecular weight is 209 g/mol. The molecule has 0 bridgehead atoms. The topological polar surface area (TPSA) is 72.5 Å². The minimum Gasteiger partial charge on any atom is -0.274 e. The van der Waals surface area contributed by atoms with E-state index in [1.54, 1.807) is 4.72 Å². The molecule has 0 saturated heterocycles. The molecule has 5 nitrogen and oxygen atoms in total. The van der Waals surface area contributed by atoms with Gasteiger partial charge in [0.15, 0.2) is 0 Å². The lowest BCUT2D eigenvalue weighted by Gasteiger charge is -2.07. The van der Waals surface area contributed by atoms with E-state index in [0.29, 0.717) is 0 Å². The van der Waals surface area contributed by atoms with Crippen LogP contribution in [0.3, 0.4) is 0 Å². The van der Waals surface area contributed by atoms with E-state index in [2.05, 4.69) is 4.18 Å².